The molecule has 1 fully saturated rings. The monoisotopic (exact) mass is 664 g/mol. The summed E-state index contributed by atoms with van der Waals surface area (Å²) in [5.41, 5.74) is 15.6. The van der Waals surface area contributed by atoms with Crippen LogP contribution >= 0.6 is 0 Å². The fraction of sp³-hybridized carbons (Fsp3) is 0.192. The van der Waals surface area contributed by atoms with Gasteiger partial charge in [0.1, 0.15) is 0 Å². The van der Waals surface area contributed by atoms with Crippen LogP contribution in [0.5, 0.6) is 0 Å². The lowest BCUT2D eigenvalue weighted by atomic mass is 9.69. The van der Waals surface area contributed by atoms with Crippen molar-refractivity contribution in [3.8, 4) is 33.4 Å². The summed E-state index contributed by atoms with van der Waals surface area (Å²) in [5, 5.41) is 11.0. The summed E-state index contributed by atoms with van der Waals surface area (Å²) in [7, 11) is 0. The largest absolute Gasteiger partial charge is 0.0842 e. The Morgan fingerprint density at radius 1 is 0.538 bits per heavy atom. The molecule has 7 aromatic rings. The molecule has 0 aromatic heterocycles. The van der Waals surface area contributed by atoms with Gasteiger partial charge in [0.25, 0.3) is 0 Å². The van der Waals surface area contributed by atoms with E-state index in [0.29, 0.717) is 5.92 Å². The topological polar surface area (TPSA) is 0 Å². The maximum atomic E-state index is 2.64. The van der Waals surface area contributed by atoms with E-state index in [4.69, 9.17) is 0 Å². The van der Waals surface area contributed by atoms with E-state index in [2.05, 4.69) is 140 Å². The van der Waals surface area contributed by atoms with Gasteiger partial charge in [-0.05, 0) is 197 Å². The Morgan fingerprint density at radius 2 is 1.25 bits per heavy atom. The average molecular weight is 665 g/mol. The fourth-order valence-corrected chi connectivity index (χ4v) is 11.1. The zero-order valence-electron chi connectivity index (χ0n) is 29.5. The molecule has 0 aliphatic heterocycles. The van der Waals surface area contributed by atoms with Gasteiger partial charge in [0.05, 0.1) is 0 Å². The lowest BCUT2D eigenvalue weighted by Crippen LogP contribution is -2.24. The predicted molar refractivity (Wildman–Crippen MR) is 222 cm³/mol. The summed E-state index contributed by atoms with van der Waals surface area (Å²) in [4.78, 5) is 0. The van der Waals surface area contributed by atoms with Crippen molar-refractivity contribution in [2.45, 2.75) is 44.9 Å². The van der Waals surface area contributed by atoms with Crippen molar-refractivity contribution in [1.29, 1.82) is 0 Å². The Kier molecular flexibility index (Phi) is 6.18. The van der Waals surface area contributed by atoms with Crippen LogP contribution in [0, 0.1) is 17.8 Å². The molecular formula is C52H40. The van der Waals surface area contributed by atoms with Crippen molar-refractivity contribution >= 4 is 54.2 Å². The highest BCUT2D eigenvalue weighted by Gasteiger charge is 2.36. The lowest BCUT2D eigenvalue weighted by Gasteiger charge is -2.35. The van der Waals surface area contributed by atoms with Crippen LogP contribution in [-0.2, 0) is 6.42 Å². The molecule has 0 nitrogen and oxygen atoms in total. The SMILES string of the molecule is C1=CCCC(c2cc3c4cc5c(cc4c(-c4ccccc4)cc3c3cc4c(cc23)CC2CCCC3C=CC=C4C2C3)-c2cccc3cccc-5c23)=C1. The van der Waals surface area contributed by atoms with E-state index < -0.39 is 0 Å². The normalized spacial score (nSPS) is 21.2. The first kappa shape index (κ1) is 29.2. The van der Waals surface area contributed by atoms with Gasteiger partial charge < -0.3 is 0 Å². The summed E-state index contributed by atoms with van der Waals surface area (Å²) in [6.45, 7) is 0. The first-order valence-corrected chi connectivity index (χ1v) is 19.6. The molecule has 12 rings (SSSR count). The number of fused-ring (bicyclic) bond motifs is 11. The van der Waals surface area contributed by atoms with E-state index in [9.17, 15) is 0 Å². The molecule has 248 valence electrons. The summed E-state index contributed by atoms with van der Waals surface area (Å²) >= 11 is 0. The fourth-order valence-electron chi connectivity index (χ4n) is 11.1. The van der Waals surface area contributed by atoms with Crippen molar-refractivity contribution in [2.75, 3.05) is 0 Å². The van der Waals surface area contributed by atoms with Gasteiger partial charge in [0.2, 0.25) is 0 Å². The molecule has 0 spiro atoms. The van der Waals surface area contributed by atoms with Gasteiger partial charge in [0.15, 0.2) is 0 Å². The van der Waals surface area contributed by atoms with Gasteiger partial charge in [-0.25, -0.2) is 0 Å². The first-order valence-electron chi connectivity index (χ1n) is 19.6. The van der Waals surface area contributed by atoms with Crippen molar-refractivity contribution in [3.63, 3.8) is 0 Å². The molecule has 52 heavy (non-hydrogen) atoms. The van der Waals surface area contributed by atoms with Crippen LogP contribution in [0.2, 0.25) is 0 Å². The Morgan fingerprint density at radius 3 is 2.04 bits per heavy atom. The zero-order chi connectivity index (χ0) is 33.9. The van der Waals surface area contributed by atoms with Crippen molar-refractivity contribution in [2.24, 2.45) is 17.8 Å². The molecule has 0 saturated heterocycles. The van der Waals surface area contributed by atoms with Gasteiger partial charge in [-0.15, -0.1) is 0 Å². The molecule has 1 saturated carbocycles. The zero-order valence-corrected chi connectivity index (χ0v) is 29.5. The van der Waals surface area contributed by atoms with Crippen molar-refractivity contribution < 1.29 is 0 Å². The highest BCUT2D eigenvalue weighted by molar-refractivity contribution is 6.26. The minimum atomic E-state index is 0.667. The second-order valence-electron chi connectivity index (χ2n) is 16.2. The van der Waals surface area contributed by atoms with Gasteiger partial charge in [0, 0.05) is 0 Å². The van der Waals surface area contributed by atoms with E-state index in [1.165, 1.54) is 125 Å². The van der Waals surface area contributed by atoms with E-state index in [0.717, 1.165) is 24.7 Å². The molecule has 3 unspecified atom stereocenters. The molecule has 3 atom stereocenters. The standard InChI is InChI=1S/C52H40/c1-3-13-32(14-4-1)41-26-50-49(48-28-43-36(25-44(41)48)24-35-19-7-11-31-12-8-20-37(43)40(35)23-31)27-42(33-15-5-2-6-16-33)47-29-45-38-21-9-17-34-18-10-22-39(52(34)38)46(45)30-51(47)50/h1-3,5-6,8-10,12-13,15-18,20-22,25-31,35,40H,4,7,11,14,19,23-24H2. The average Bonchev–Trinajstić information content (AvgIpc) is 3.33. The molecular weight excluding hydrogens is 625 g/mol. The molecule has 5 aliphatic carbocycles. The number of hydrogen-bond acceptors (Lipinski definition) is 0. The first-order chi connectivity index (χ1) is 25.8. The van der Waals surface area contributed by atoms with Crippen LogP contribution in [0.1, 0.15) is 55.2 Å². The third-order valence-corrected chi connectivity index (χ3v) is 13.5. The maximum absolute atomic E-state index is 2.64. The molecule has 7 aromatic carbocycles. The van der Waals surface area contributed by atoms with Gasteiger partial charge in [-0.2, -0.15) is 0 Å². The van der Waals surface area contributed by atoms with E-state index in [-0.39, 0.29) is 0 Å². The summed E-state index contributed by atoms with van der Waals surface area (Å²) in [5.74, 6) is 2.15. The Bertz CT molecular complexity index is 2810. The van der Waals surface area contributed by atoms with E-state index in [1.54, 1.807) is 11.1 Å². The van der Waals surface area contributed by atoms with E-state index >= 15 is 0 Å². The minimum Gasteiger partial charge on any atom is -0.0842 e. The van der Waals surface area contributed by atoms with Crippen molar-refractivity contribution in [1.82, 2.24) is 0 Å². The van der Waals surface area contributed by atoms with Crippen LogP contribution in [0.3, 0.4) is 0 Å². The summed E-state index contributed by atoms with van der Waals surface area (Å²) in [6, 6.07) is 40.2. The Hall–Kier alpha value is -5.46. The third kappa shape index (κ3) is 4.16. The minimum absolute atomic E-state index is 0.667. The van der Waals surface area contributed by atoms with Crippen LogP contribution in [0.15, 0.2) is 140 Å². The molecule has 5 aliphatic rings. The van der Waals surface area contributed by atoms with Crippen LogP contribution in [-0.4, -0.2) is 0 Å². The third-order valence-electron chi connectivity index (χ3n) is 13.5. The smallest absolute Gasteiger partial charge is 0.00264 e. The lowest BCUT2D eigenvalue weighted by molar-refractivity contribution is 0.360. The highest BCUT2D eigenvalue weighted by Crippen LogP contribution is 2.53. The molecule has 2 bridgehead atoms. The maximum Gasteiger partial charge on any atom is -0.00264 e. The van der Waals surface area contributed by atoms with E-state index in [1.807, 2.05) is 0 Å². The van der Waals surface area contributed by atoms with Gasteiger partial charge in [-0.1, -0.05) is 110 Å². The summed E-state index contributed by atoms with van der Waals surface area (Å²) in [6.07, 6.45) is 23.2. The number of benzene rings is 7. The van der Waals surface area contributed by atoms with Crippen LogP contribution in [0.4, 0.5) is 0 Å². The second-order valence-corrected chi connectivity index (χ2v) is 16.2. The molecule has 0 heteroatoms. The molecule has 0 amide bonds. The van der Waals surface area contributed by atoms with Gasteiger partial charge >= 0.3 is 0 Å². The number of hydrogen-bond donors (Lipinski definition) is 0. The predicted octanol–water partition coefficient (Wildman–Crippen LogP) is 14.3. The second kappa shape index (κ2) is 11.0. The molecule has 0 heterocycles. The van der Waals surface area contributed by atoms with Crippen LogP contribution < -0.4 is 0 Å². The summed E-state index contributed by atoms with van der Waals surface area (Å²) < 4.78 is 0. The Balaban J connectivity index is 1.22. The quantitative estimate of drug-likeness (QED) is 0.161. The Labute approximate surface area is 305 Å². The highest BCUT2D eigenvalue weighted by atomic mass is 14.4. The molecule has 0 radical (unpaired) electrons. The van der Waals surface area contributed by atoms with Crippen LogP contribution in [0.25, 0.3) is 87.6 Å². The van der Waals surface area contributed by atoms with Crippen molar-refractivity contribution in [3.05, 3.63) is 156 Å². The number of allylic oxidation sites excluding steroid dienone is 8. The molecule has 0 N–H and O–H groups in total. The van der Waals surface area contributed by atoms with Gasteiger partial charge in [-0.3, -0.25) is 0 Å². The number of rotatable bonds is 2.